The van der Waals surface area contributed by atoms with E-state index in [1.165, 1.54) is 0 Å². The summed E-state index contributed by atoms with van der Waals surface area (Å²) >= 11 is 0. The summed E-state index contributed by atoms with van der Waals surface area (Å²) in [6, 6.07) is -0.355. The predicted octanol–water partition coefficient (Wildman–Crippen LogP) is 2.24. The van der Waals surface area contributed by atoms with Crippen LogP contribution in [-0.2, 0) is 9.59 Å². The fourth-order valence-electron chi connectivity index (χ4n) is 2.87. The lowest BCUT2D eigenvalue weighted by atomic mass is 9.82. The number of rotatable bonds is 6. The summed E-state index contributed by atoms with van der Waals surface area (Å²) in [6.45, 7) is 7.30. The maximum absolute atomic E-state index is 12.1. The summed E-state index contributed by atoms with van der Waals surface area (Å²) in [6.07, 6.45) is 3.00. The largest absolute Gasteiger partial charge is 0.481 e. The van der Waals surface area contributed by atoms with Crippen LogP contribution in [0.3, 0.4) is 0 Å². The fraction of sp³-hybridized carbons (Fsp3) is 0.800. The van der Waals surface area contributed by atoms with Crippen LogP contribution in [0, 0.1) is 11.3 Å². The van der Waals surface area contributed by atoms with Crippen molar-refractivity contribution in [3.63, 3.8) is 0 Å². The molecule has 1 aliphatic heterocycles. The SMILES string of the molecule is CCC1(CC)CCN(C(=O)NC(=O)CC(C)CC(=O)O)C1. The molecular formula is C15H26N2O4. The van der Waals surface area contributed by atoms with E-state index >= 15 is 0 Å². The Labute approximate surface area is 125 Å². The number of imide groups is 1. The number of nitrogens with one attached hydrogen (secondary N) is 1. The van der Waals surface area contributed by atoms with Gasteiger partial charge in [-0.1, -0.05) is 20.8 Å². The van der Waals surface area contributed by atoms with Crippen molar-refractivity contribution in [3.05, 3.63) is 0 Å². The van der Waals surface area contributed by atoms with E-state index in [0.29, 0.717) is 13.1 Å². The zero-order valence-electron chi connectivity index (χ0n) is 13.1. The van der Waals surface area contributed by atoms with Crippen LogP contribution in [-0.4, -0.2) is 41.0 Å². The van der Waals surface area contributed by atoms with E-state index < -0.39 is 11.9 Å². The van der Waals surface area contributed by atoms with E-state index in [4.69, 9.17) is 5.11 Å². The fourth-order valence-corrected chi connectivity index (χ4v) is 2.87. The number of nitrogens with zero attached hydrogens (tertiary/aromatic N) is 1. The third-order valence-electron chi connectivity index (χ3n) is 4.53. The molecule has 0 bridgehead atoms. The molecule has 1 heterocycles. The van der Waals surface area contributed by atoms with Gasteiger partial charge in [0.2, 0.25) is 5.91 Å². The lowest BCUT2D eigenvalue weighted by Gasteiger charge is -2.26. The maximum atomic E-state index is 12.1. The Morgan fingerprint density at radius 3 is 2.33 bits per heavy atom. The number of likely N-dealkylation sites (tertiary alicyclic amines) is 1. The minimum atomic E-state index is -0.933. The molecule has 0 spiro atoms. The highest BCUT2D eigenvalue weighted by atomic mass is 16.4. The highest BCUT2D eigenvalue weighted by molar-refractivity contribution is 5.94. The average Bonchev–Trinajstić information content (AvgIpc) is 2.82. The van der Waals surface area contributed by atoms with E-state index in [9.17, 15) is 14.4 Å². The zero-order chi connectivity index (χ0) is 16.0. The van der Waals surface area contributed by atoms with Crippen molar-refractivity contribution in [3.8, 4) is 0 Å². The smallest absolute Gasteiger partial charge is 0.324 e. The number of hydrogen-bond donors (Lipinski definition) is 2. The molecule has 2 N–H and O–H groups in total. The van der Waals surface area contributed by atoms with Gasteiger partial charge in [0.15, 0.2) is 0 Å². The number of carbonyl (C=O) groups is 3. The van der Waals surface area contributed by atoms with Crippen molar-refractivity contribution in [1.82, 2.24) is 10.2 Å². The summed E-state index contributed by atoms with van der Waals surface area (Å²) in [5, 5.41) is 11.0. The van der Waals surface area contributed by atoms with Gasteiger partial charge in [-0.05, 0) is 30.6 Å². The minimum Gasteiger partial charge on any atom is -0.481 e. The molecule has 0 saturated carbocycles. The number of aliphatic carboxylic acids is 1. The van der Waals surface area contributed by atoms with Crippen LogP contribution in [0.1, 0.15) is 52.9 Å². The Morgan fingerprint density at radius 1 is 1.24 bits per heavy atom. The van der Waals surface area contributed by atoms with Crippen LogP contribution in [0.5, 0.6) is 0 Å². The Hall–Kier alpha value is -1.59. The van der Waals surface area contributed by atoms with Gasteiger partial charge in [-0.3, -0.25) is 14.9 Å². The van der Waals surface area contributed by atoms with Gasteiger partial charge in [0.05, 0.1) is 0 Å². The molecule has 3 amide bonds. The molecule has 21 heavy (non-hydrogen) atoms. The topological polar surface area (TPSA) is 86.7 Å². The Kier molecular flexibility index (Phi) is 6.18. The molecule has 0 radical (unpaired) electrons. The predicted molar refractivity (Wildman–Crippen MR) is 78.8 cm³/mol. The first kappa shape index (κ1) is 17.5. The molecule has 0 aromatic rings. The van der Waals surface area contributed by atoms with Crippen molar-refractivity contribution in [2.75, 3.05) is 13.1 Å². The monoisotopic (exact) mass is 298 g/mol. The molecule has 1 aliphatic rings. The summed E-state index contributed by atoms with van der Waals surface area (Å²) in [5.74, 6) is -1.62. The first-order chi connectivity index (χ1) is 9.81. The average molecular weight is 298 g/mol. The second kappa shape index (κ2) is 7.43. The summed E-state index contributed by atoms with van der Waals surface area (Å²) in [5.41, 5.74) is 0.178. The van der Waals surface area contributed by atoms with E-state index in [0.717, 1.165) is 19.3 Å². The van der Waals surface area contributed by atoms with Gasteiger partial charge >= 0.3 is 12.0 Å². The quantitative estimate of drug-likeness (QED) is 0.787. The first-order valence-electron chi connectivity index (χ1n) is 7.62. The Balaban J connectivity index is 2.44. The third-order valence-corrected chi connectivity index (χ3v) is 4.53. The van der Waals surface area contributed by atoms with E-state index in [1.807, 2.05) is 0 Å². The van der Waals surface area contributed by atoms with E-state index in [1.54, 1.807) is 11.8 Å². The van der Waals surface area contributed by atoms with Gasteiger partial charge in [-0.15, -0.1) is 0 Å². The molecule has 1 saturated heterocycles. The van der Waals surface area contributed by atoms with Crippen molar-refractivity contribution in [2.24, 2.45) is 11.3 Å². The van der Waals surface area contributed by atoms with Crippen LogP contribution < -0.4 is 5.32 Å². The van der Waals surface area contributed by atoms with Crippen LogP contribution >= 0.6 is 0 Å². The highest BCUT2D eigenvalue weighted by Crippen LogP contribution is 2.36. The lowest BCUT2D eigenvalue weighted by molar-refractivity contribution is -0.138. The zero-order valence-corrected chi connectivity index (χ0v) is 13.1. The first-order valence-corrected chi connectivity index (χ1v) is 7.62. The highest BCUT2D eigenvalue weighted by Gasteiger charge is 2.37. The van der Waals surface area contributed by atoms with Gasteiger partial charge in [0.25, 0.3) is 0 Å². The number of urea groups is 1. The molecular weight excluding hydrogens is 272 g/mol. The molecule has 120 valence electrons. The molecule has 1 fully saturated rings. The third kappa shape index (κ3) is 5.02. The van der Waals surface area contributed by atoms with Gasteiger partial charge in [-0.2, -0.15) is 0 Å². The normalized spacial score (nSPS) is 18.3. The Bertz CT molecular complexity index is 404. The number of carboxylic acid groups (broad SMARTS) is 1. The second-order valence-corrected chi connectivity index (χ2v) is 6.14. The van der Waals surface area contributed by atoms with Crippen molar-refractivity contribution >= 4 is 17.9 Å². The molecule has 1 atom stereocenters. The van der Waals surface area contributed by atoms with Crippen molar-refractivity contribution in [2.45, 2.75) is 52.9 Å². The molecule has 1 rings (SSSR count). The van der Waals surface area contributed by atoms with Crippen LogP contribution in [0.4, 0.5) is 4.79 Å². The number of carboxylic acids is 1. The molecule has 6 nitrogen and oxygen atoms in total. The minimum absolute atomic E-state index is 0.0541. The molecule has 0 aromatic heterocycles. The lowest BCUT2D eigenvalue weighted by Crippen LogP contribution is -2.43. The summed E-state index contributed by atoms with van der Waals surface area (Å²) in [7, 11) is 0. The van der Waals surface area contributed by atoms with Crippen LogP contribution in [0.15, 0.2) is 0 Å². The summed E-state index contributed by atoms with van der Waals surface area (Å²) < 4.78 is 0. The van der Waals surface area contributed by atoms with Gasteiger partial charge in [0.1, 0.15) is 0 Å². The van der Waals surface area contributed by atoms with Gasteiger partial charge in [-0.25, -0.2) is 4.79 Å². The van der Waals surface area contributed by atoms with Crippen LogP contribution in [0.25, 0.3) is 0 Å². The summed E-state index contributed by atoms with van der Waals surface area (Å²) in [4.78, 5) is 36.0. The second-order valence-electron chi connectivity index (χ2n) is 6.14. The molecule has 6 heteroatoms. The number of hydrogen-bond acceptors (Lipinski definition) is 3. The van der Waals surface area contributed by atoms with Crippen molar-refractivity contribution < 1.29 is 19.5 Å². The van der Waals surface area contributed by atoms with Crippen molar-refractivity contribution in [1.29, 1.82) is 0 Å². The standard InChI is InChI=1S/C15H26N2O4/c1-4-15(5-2)6-7-17(10-15)14(21)16-12(18)8-11(3)9-13(19)20/h11H,4-10H2,1-3H3,(H,19,20)(H,16,18,21). The molecule has 0 aliphatic carbocycles. The number of carbonyl (C=O) groups excluding carboxylic acids is 2. The van der Waals surface area contributed by atoms with Crippen LogP contribution in [0.2, 0.25) is 0 Å². The van der Waals surface area contributed by atoms with Gasteiger partial charge in [0, 0.05) is 25.9 Å². The van der Waals surface area contributed by atoms with E-state index in [-0.39, 0.29) is 30.2 Å². The maximum Gasteiger partial charge on any atom is 0.324 e. The Morgan fingerprint density at radius 2 is 1.86 bits per heavy atom. The van der Waals surface area contributed by atoms with Gasteiger partial charge < -0.3 is 10.0 Å². The van der Waals surface area contributed by atoms with E-state index in [2.05, 4.69) is 19.2 Å². The molecule has 0 aromatic carbocycles. The number of amides is 3. The molecule has 1 unspecified atom stereocenters.